The van der Waals surface area contributed by atoms with Gasteiger partial charge in [0.25, 0.3) is 5.56 Å². The van der Waals surface area contributed by atoms with Crippen molar-refractivity contribution in [3.8, 4) is 16.9 Å². The zero-order valence-corrected chi connectivity index (χ0v) is 19.3. The van der Waals surface area contributed by atoms with Gasteiger partial charge in [0.1, 0.15) is 5.75 Å². The van der Waals surface area contributed by atoms with E-state index in [1.165, 1.54) is 10.1 Å². The Kier molecular flexibility index (Phi) is 8.37. The van der Waals surface area contributed by atoms with Crippen LogP contribution in [0.5, 0.6) is 5.75 Å². The first-order valence-electron chi connectivity index (χ1n) is 10.6. The van der Waals surface area contributed by atoms with E-state index in [1.807, 2.05) is 47.2 Å². The fourth-order valence-corrected chi connectivity index (χ4v) is 3.81. The van der Waals surface area contributed by atoms with Crippen LogP contribution in [0.4, 0.5) is 0 Å². The summed E-state index contributed by atoms with van der Waals surface area (Å²) in [6, 6.07) is 15.0. The van der Waals surface area contributed by atoms with Crippen molar-refractivity contribution < 1.29 is 17.9 Å². The number of carbonyl (C=O) groups is 1. The van der Waals surface area contributed by atoms with Crippen molar-refractivity contribution in [1.82, 2.24) is 14.3 Å². The molecule has 174 valence electrons. The minimum atomic E-state index is -3.56. The number of nitrogens with zero attached hydrogens (tertiary/aromatic N) is 2. The average molecular weight is 470 g/mol. The maximum absolute atomic E-state index is 12.4. The van der Waals surface area contributed by atoms with Gasteiger partial charge in [0.15, 0.2) is 0 Å². The molecule has 0 aliphatic heterocycles. The summed E-state index contributed by atoms with van der Waals surface area (Å²) in [6.07, 6.45) is 8.38. The summed E-state index contributed by atoms with van der Waals surface area (Å²) >= 11 is 0. The summed E-state index contributed by atoms with van der Waals surface area (Å²) in [5.41, 5.74) is 2.73. The molecular weight excluding hydrogens is 442 g/mol. The van der Waals surface area contributed by atoms with Crippen LogP contribution >= 0.6 is 0 Å². The summed E-state index contributed by atoms with van der Waals surface area (Å²) in [7, 11) is -3.56. The van der Waals surface area contributed by atoms with Crippen LogP contribution in [0.1, 0.15) is 24.8 Å². The van der Waals surface area contributed by atoms with Gasteiger partial charge in [-0.3, -0.25) is 19.3 Å². The van der Waals surface area contributed by atoms with E-state index in [1.54, 1.807) is 24.7 Å². The minimum absolute atomic E-state index is 0.0191. The van der Waals surface area contributed by atoms with Gasteiger partial charge < -0.3 is 9.30 Å². The fraction of sp³-hybridized carbons (Fsp3) is 0.292. The van der Waals surface area contributed by atoms with E-state index in [-0.39, 0.29) is 12.0 Å². The lowest BCUT2D eigenvalue weighted by atomic mass is 10.1. The fourth-order valence-electron chi connectivity index (χ4n) is 3.30. The van der Waals surface area contributed by atoms with E-state index in [4.69, 9.17) is 4.74 Å². The van der Waals surface area contributed by atoms with Crippen molar-refractivity contribution in [2.24, 2.45) is 0 Å². The van der Waals surface area contributed by atoms with Gasteiger partial charge in [-0.2, -0.15) is 0 Å². The highest BCUT2D eigenvalue weighted by Crippen LogP contribution is 2.21. The topological polar surface area (TPSA) is 107 Å². The second-order valence-electron chi connectivity index (χ2n) is 7.68. The van der Waals surface area contributed by atoms with Crippen LogP contribution in [0.25, 0.3) is 11.1 Å². The largest absolute Gasteiger partial charge is 0.494 e. The van der Waals surface area contributed by atoms with Crippen LogP contribution < -0.4 is 15.0 Å². The van der Waals surface area contributed by atoms with Crippen molar-refractivity contribution >= 4 is 15.9 Å². The summed E-state index contributed by atoms with van der Waals surface area (Å²) in [4.78, 5) is 28.0. The molecule has 8 nitrogen and oxygen atoms in total. The Labute approximate surface area is 193 Å². The van der Waals surface area contributed by atoms with E-state index in [0.717, 1.165) is 36.0 Å². The Morgan fingerprint density at radius 3 is 2.42 bits per heavy atom. The molecule has 3 rings (SSSR count). The van der Waals surface area contributed by atoms with Crippen molar-refractivity contribution in [2.45, 2.75) is 32.2 Å². The van der Waals surface area contributed by atoms with E-state index < -0.39 is 15.9 Å². The summed E-state index contributed by atoms with van der Waals surface area (Å²) in [5, 5.41) is 0. The SMILES string of the molecule is CS(=O)(=O)NC(=O)CCCn1ccc(-c2ccc(OCCCc3ccncc3)cc2)cc1=O. The molecule has 0 aliphatic rings. The van der Waals surface area contributed by atoms with Crippen LogP contribution in [0, 0.1) is 0 Å². The maximum Gasteiger partial charge on any atom is 0.251 e. The molecule has 1 aromatic carbocycles. The van der Waals surface area contributed by atoms with Crippen LogP contribution in [0.15, 0.2) is 71.9 Å². The maximum atomic E-state index is 12.4. The summed E-state index contributed by atoms with van der Waals surface area (Å²) < 4.78 is 31.3. The highest BCUT2D eigenvalue weighted by molar-refractivity contribution is 7.89. The monoisotopic (exact) mass is 469 g/mol. The summed E-state index contributed by atoms with van der Waals surface area (Å²) in [6.45, 7) is 0.933. The van der Waals surface area contributed by atoms with Gasteiger partial charge in [-0.1, -0.05) is 12.1 Å². The van der Waals surface area contributed by atoms with E-state index in [9.17, 15) is 18.0 Å². The molecule has 2 aromatic heterocycles. The number of rotatable bonds is 11. The first kappa shape index (κ1) is 24.2. The number of aryl methyl sites for hydroxylation is 2. The molecule has 0 unspecified atom stereocenters. The first-order chi connectivity index (χ1) is 15.8. The third-order valence-corrected chi connectivity index (χ3v) is 5.51. The first-order valence-corrected chi connectivity index (χ1v) is 12.5. The Balaban J connectivity index is 1.48. The molecule has 0 radical (unpaired) electrons. The second kappa shape index (κ2) is 11.4. The van der Waals surface area contributed by atoms with E-state index >= 15 is 0 Å². The van der Waals surface area contributed by atoms with Crippen molar-refractivity contribution in [1.29, 1.82) is 0 Å². The smallest absolute Gasteiger partial charge is 0.251 e. The lowest BCUT2D eigenvalue weighted by Gasteiger charge is -2.09. The van der Waals surface area contributed by atoms with Crippen LogP contribution in [0.3, 0.4) is 0 Å². The second-order valence-corrected chi connectivity index (χ2v) is 9.43. The summed E-state index contributed by atoms with van der Waals surface area (Å²) in [5.74, 6) is 0.191. The Morgan fingerprint density at radius 1 is 1.03 bits per heavy atom. The number of pyridine rings is 2. The number of aromatic nitrogens is 2. The van der Waals surface area contributed by atoms with Gasteiger partial charge >= 0.3 is 0 Å². The van der Waals surface area contributed by atoms with Gasteiger partial charge in [-0.25, -0.2) is 8.42 Å². The highest BCUT2D eigenvalue weighted by atomic mass is 32.2. The molecular formula is C24H27N3O5S. The number of sulfonamides is 1. The molecule has 9 heteroatoms. The molecule has 0 saturated heterocycles. The molecule has 33 heavy (non-hydrogen) atoms. The lowest BCUT2D eigenvalue weighted by Crippen LogP contribution is -2.29. The Bertz CT molecular complexity index is 1220. The zero-order chi connectivity index (χ0) is 23.7. The highest BCUT2D eigenvalue weighted by Gasteiger charge is 2.08. The number of carbonyl (C=O) groups excluding carboxylic acids is 1. The van der Waals surface area contributed by atoms with E-state index in [2.05, 4.69) is 4.98 Å². The molecule has 0 spiro atoms. The molecule has 1 N–H and O–H groups in total. The molecule has 0 atom stereocenters. The number of benzene rings is 1. The Hall–Kier alpha value is -3.46. The standard InChI is InChI=1S/C24H27N3O5S/c1-33(30,31)26-23(28)5-2-15-27-16-12-21(18-24(27)29)20-6-8-22(9-7-20)32-17-3-4-19-10-13-25-14-11-19/h6-14,16,18H,2-5,15,17H2,1H3,(H,26,28). The zero-order valence-electron chi connectivity index (χ0n) is 18.4. The number of amides is 1. The quantitative estimate of drug-likeness (QED) is 0.433. The number of hydrogen-bond acceptors (Lipinski definition) is 6. The minimum Gasteiger partial charge on any atom is -0.494 e. The number of ether oxygens (including phenoxy) is 1. The lowest BCUT2D eigenvalue weighted by molar-refractivity contribution is -0.119. The molecule has 0 bridgehead atoms. The van der Waals surface area contributed by atoms with Gasteiger partial charge in [0, 0.05) is 37.6 Å². The van der Waals surface area contributed by atoms with Gasteiger partial charge in [0.2, 0.25) is 15.9 Å². The molecule has 0 aliphatic carbocycles. The molecule has 0 fully saturated rings. The number of hydrogen-bond donors (Lipinski definition) is 1. The third-order valence-electron chi connectivity index (χ3n) is 4.91. The molecule has 1 amide bonds. The average Bonchev–Trinajstić information content (AvgIpc) is 2.78. The van der Waals surface area contributed by atoms with Crippen LogP contribution in [-0.2, 0) is 27.8 Å². The normalized spacial score (nSPS) is 11.2. The molecule has 0 saturated carbocycles. The Morgan fingerprint density at radius 2 is 1.76 bits per heavy atom. The van der Waals surface area contributed by atoms with Crippen molar-refractivity contribution in [2.75, 3.05) is 12.9 Å². The van der Waals surface area contributed by atoms with Gasteiger partial charge in [-0.05, 0) is 66.3 Å². The van der Waals surface area contributed by atoms with Crippen molar-refractivity contribution in [3.63, 3.8) is 0 Å². The predicted octanol–water partition coefficient (Wildman–Crippen LogP) is 2.78. The van der Waals surface area contributed by atoms with Crippen LogP contribution in [-0.4, -0.2) is 36.7 Å². The third kappa shape index (κ3) is 8.19. The van der Waals surface area contributed by atoms with Gasteiger partial charge in [-0.15, -0.1) is 0 Å². The van der Waals surface area contributed by atoms with Crippen molar-refractivity contribution in [3.05, 3.63) is 83.0 Å². The predicted molar refractivity (Wildman–Crippen MR) is 126 cm³/mol. The molecule has 2 heterocycles. The van der Waals surface area contributed by atoms with Gasteiger partial charge in [0.05, 0.1) is 12.9 Å². The number of nitrogens with one attached hydrogen (secondary N) is 1. The van der Waals surface area contributed by atoms with Crippen LogP contribution in [0.2, 0.25) is 0 Å². The molecule has 3 aromatic rings. The van der Waals surface area contributed by atoms with E-state index in [0.29, 0.717) is 19.6 Å².